The number of aromatic nitrogens is 1. The predicted octanol–water partition coefficient (Wildman–Crippen LogP) is 5.77. The van der Waals surface area contributed by atoms with Crippen LogP contribution in [0.1, 0.15) is 102 Å². The quantitative estimate of drug-likeness (QED) is 0.686. The molecule has 0 atom stereocenters. The molecule has 21 heavy (non-hydrogen) atoms. The molecule has 0 amide bonds. The van der Waals surface area contributed by atoms with Gasteiger partial charge in [-0.2, -0.15) is 0 Å². The lowest BCUT2D eigenvalue weighted by Gasteiger charge is -2.24. The van der Waals surface area contributed by atoms with Crippen molar-refractivity contribution in [3.8, 4) is 5.75 Å². The molecule has 1 saturated carbocycles. The summed E-state index contributed by atoms with van der Waals surface area (Å²) < 4.78 is 6.41. The van der Waals surface area contributed by atoms with Crippen molar-refractivity contribution in [3.63, 3.8) is 0 Å². The molecule has 118 valence electrons. The van der Waals surface area contributed by atoms with E-state index in [-0.39, 0.29) is 0 Å². The minimum absolute atomic E-state index is 0.407. The summed E-state index contributed by atoms with van der Waals surface area (Å²) in [7, 11) is 0. The van der Waals surface area contributed by atoms with E-state index in [1.165, 1.54) is 36.9 Å². The minimum atomic E-state index is 0.407. The number of hydrogen-bond acceptors (Lipinski definition) is 2. The summed E-state index contributed by atoms with van der Waals surface area (Å²) in [4.78, 5) is 4.95. The van der Waals surface area contributed by atoms with Gasteiger partial charge >= 0.3 is 0 Å². The van der Waals surface area contributed by atoms with Gasteiger partial charge in [-0.25, -0.2) is 0 Å². The first-order valence-corrected chi connectivity index (χ1v) is 8.61. The van der Waals surface area contributed by atoms with Crippen LogP contribution in [0.2, 0.25) is 0 Å². The van der Waals surface area contributed by atoms with E-state index in [0.717, 1.165) is 11.4 Å². The molecule has 1 aromatic rings. The lowest BCUT2D eigenvalue weighted by molar-refractivity contribution is 0.206. The Balaban J connectivity index is 2.46. The fraction of sp³-hybridized carbons (Fsp3) is 0.737. The Morgan fingerprint density at radius 3 is 2.05 bits per heavy atom. The Labute approximate surface area is 130 Å². The van der Waals surface area contributed by atoms with Crippen LogP contribution in [-0.4, -0.2) is 11.1 Å². The lowest BCUT2D eigenvalue weighted by Crippen LogP contribution is -2.15. The Bertz CT molecular complexity index is 471. The highest BCUT2D eigenvalue weighted by Gasteiger charge is 2.23. The molecule has 1 aliphatic rings. The second-order valence-corrected chi connectivity index (χ2v) is 7.33. The van der Waals surface area contributed by atoms with Gasteiger partial charge in [-0.15, -0.1) is 0 Å². The zero-order valence-corrected chi connectivity index (χ0v) is 14.6. The van der Waals surface area contributed by atoms with Crippen molar-refractivity contribution in [1.29, 1.82) is 0 Å². The van der Waals surface area contributed by atoms with Crippen LogP contribution < -0.4 is 4.74 Å². The van der Waals surface area contributed by atoms with E-state index in [9.17, 15) is 0 Å². The molecule has 0 saturated heterocycles. The van der Waals surface area contributed by atoms with Crippen molar-refractivity contribution < 1.29 is 4.74 Å². The van der Waals surface area contributed by atoms with Gasteiger partial charge in [0.15, 0.2) is 0 Å². The van der Waals surface area contributed by atoms with Crippen molar-refractivity contribution in [2.75, 3.05) is 0 Å². The topological polar surface area (TPSA) is 22.1 Å². The molecule has 1 heterocycles. The van der Waals surface area contributed by atoms with Gasteiger partial charge in [-0.1, -0.05) is 41.5 Å². The third kappa shape index (κ3) is 3.78. The maximum absolute atomic E-state index is 6.41. The molecule has 0 aliphatic heterocycles. The summed E-state index contributed by atoms with van der Waals surface area (Å²) in [5.41, 5.74) is 3.71. The van der Waals surface area contributed by atoms with E-state index < -0.39 is 0 Å². The van der Waals surface area contributed by atoms with Crippen LogP contribution >= 0.6 is 0 Å². The number of pyridine rings is 1. The van der Waals surface area contributed by atoms with E-state index in [0.29, 0.717) is 23.9 Å². The molecular formula is C19H31NO. The van der Waals surface area contributed by atoms with Gasteiger partial charge in [0, 0.05) is 17.3 Å². The molecule has 0 aromatic carbocycles. The first kappa shape index (κ1) is 16.3. The SMILES string of the molecule is CC(C)c1cc(OC2CCCC2)c(C(C)C)c(C(C)C)n1. The molecule has 2 heteroatoms. The van der Waals surface area contributed by atoms with Crippen molar-refractivity contribution >= 4 is 0 Å². The van der Waals surface area contributed by atoms with Gasteiger partial charge in [0.05, 0.1) is 11.8 Å². The monoisotopic (exact) mass is 289 g/mol. The van der Waals surface area contributed by atoms with Crippen LogP contribution in [0, 0.1) is 0 Å². The van der Waals surface area contributed by atoms with Gasteiger partial charge in [-0.05, 0) is 43.4 Å². The highest BCUT2D eigenvalue weighted by molar-refractivity contribution is 5.42. The van der Waals surface area contributed by atoms with Crippen LogP contribution in [0.25, 0.3) is 0 Å². The summed E-state index contributed by atoms with van der Waals surface area (Å²) in [6, 6.07) is 2.20. The third-order valence-corrected chi connectivity index (χ3v) is 4.38. The van der Waals surface area contributed by atoms with Gasteiger partial charge in [0.1, 0.15) is 5.75 Å². The van der Waals surface area contributed by atoms with Gasteiger partial charge < -0.3 is 4.74 Å². The summed E-state index contributed by atoms with van der Waals surface area (Å²) >= 11 is 0. The molecule has 0 spiro atoms. The average Bonchev–Trinajstić information content (AvgIpc) is 2.90. The largest absolute Gasteiger partial charge is 0.490 e. The molecular weight excluding hydrogens is 258 g/mol. The molecule has 0 unspecified atom stereocenters. The number of rotatable bonds is 5. The zero-order valence-electron chi connectivity index (χ0n) is 14.6. The van der Waals surface area contributed by atoms with E-state index in [2.05, 4.69) is 47.6 Å². The highest BCUT2D eigenvalue weighted by Crippen LogP contribution is 2.37. The Morgan fingerprint density at radius 2 is 1.57 bits per heavy atom. The zero-order chi connectivity index (χ0) is 15.6. The van der Waals surface area contributed by atoms with Gasteiger partial charge in [0.2, 0.25) is 0 Å². The first-order valence-electron chi connectivity index (χ1n) is 8.61. The number of nitrogens with zero attached hydrogens (tertiary/aromatic N) is 1. The second-order valence-electron chi connectivity index (χ2n) is 7.33. The minimum Gasteiger partial charge on any atom is -0.490 e. The summed E-state index contributed by atoms with van der Waals surface area (Å²) in [6.45, 7) is 13.4. The Kier molecular flexibility index (Phi) is 5.29. The second kappa shape index (κ2) is 6.81. The Hall–Kier alpha value is -1.05. The number of hydrogen-bond donors (Lipinski definition) is 0. The van der Waals surface area contributed by atoms with E-state index in [1.807, 2.05) is 0 Å². The fourth-order valence-corrected chi connectivity index (χ4v) is 3.17. The summed E-state index contributed by atoms with van der Waals surface area (Å²) in [6.07, 6.45) is 5.42. The van der Waals surface area contributed by atoms with Crippen molar-refractivity contribution in [2.24, 2.45) is 0 Å². The molecule has 1 fully saturated rings. The fourth-order valence-electron chi connectivity index (χ4n) is 3.17. The van der Waals surface area contributed by atoms with Crippen molar-refractivity contribution in [3.05, 3.63) is 23.0 Å². The first-order chi connectivity index (χ1) is 9.90. The maximum Gasteiger partial charge on any atom is 0.126 e. The third-order valence-electron chi connectivity index (χ3n) is 4.38. The molecule has 0 bridgehead atoms. The van der Waals surface area contributed by atoms with Crippen LogP contribution in [0.3, 0.4) is 0 Å². The van der Waals surface area contributed by atoms with Crippen LogP contribution in [0.5, 0.6) is 5.75 Å². The van der Waals surface area contributed by atoms with E-state index in [4.69, 9.17) is 9.72 Å². The smallest absolute Gasteiger partial charge is 0.126 e. The molecule has 0 radical (unpaired) electrons. The van der Waals surface area contributed by atoms with Gasteiger partial charge in [-0.3, -0.25) is 4.98 Å². The van der Waals surface area contributed by atoms with Crippen LogP contribution in [0.4, 0.5) is 0 Å². The van der Waals surface area contributed by atoms with E-state index in [1.54, 1.807) is 0 Å². The standard InChI is InChI=1S/C19H31NO/c1-12(2)16-11-17(21-15-9-7-8-10-15)18(13(3)4)19(20-16)14(5)6/h11-15H,7-10H2,1-6H3. The normalized spacial score (nSPS) is 16.4. The highest BCUT2D eigenvalue weighted by atomic mass is 16.5. The Morgan fingerprint density at radius 1 is 0.952 bits per heavy atom. The predicted molar refractivity (Wildman–Crippen MR) is 89.4 cm³/mol. The van der Waals surface area contributed by atoms with Crippen molar-refractivity contribution in [2.45, 2.75) is 91.1 Å². The van der Waals surface area contributed by atoms with Gasteiger partial charge in [0.25, 0.3) is 0 Å². The molecule has 2 rings (SSSR count). The van der Waals surface area contributed by atoms with Crippen LogP contribution in [-0.2, 0) is 0 Å². The molecule has 0 N–H and O–H groups in total. The van der Waals surface area contributed by atoms with Crippen molar-refractivity contribution in [1.82, 2.24) is 4.98 Å². The van der Waals surface area contributed by atoms with E-state index >= 15 is 0 Å². The number of ether oxygens (including phenoxy) is 1. The average molecular weight is 289 g/mol. The summed E-state index contributed by atoms with van der Waals surface area (Å²) in [5, 5.41) is 0. The molecule has 1 aromatic heterocycles. The van der Waals surface area contributed by atoms with Crippen LogP contribution in [0.15, 0.2) is 6.07 Å². The molecule has 1 aliphatic carbocycles. The maximum atomic E-state index is 6.41. The molecule has 2 nitrogen and oxygen atoms in total. The summed E-state index contributed by atoms with van der Waals surface area (Å²) in [5.74, 6) is 2.42. The lowest BCUT2D eigenvalue weighted by atomic mass is 9.92.